The van der Waals surface area contributed by atoms with Crippen molar-refractivity contribution >= 4 is 5.78 Å². The van der Waals surface area contributed by atoms with E-state index in [0.29, 0.717) is 45.7 Å². The van der Waals surface area contributed by atoms with Gasteiger partial charge in [-0.3, -0.25) is 4.79 Å². The molecule has 10 atom stereocenters. The van der Waals surface area contributed by atoms with E-state index in [1.807, 2.05) is 6.92 Å². The fourth-order valence-corrected chi connectivity index (χ4v) is 11.7. The van der Waals surface area contributed by atoms with Gasteiger partial charge in [0.15, 0.2) is 0 Å². The Morgan fingerprint density at radius 2 is 1.48 bits per heavy atom. The lowest BCUT2D eigenvalue weighted by molar-refractivity contribution is -0.246. The van der Waals surface area contributed by atoms with Crippen molar-refractivity contribution < 1.29 is 9.90 Å². The van der Waals surface area contributed by atoms with E-state index in [0.717, 1.165) is 31.6 Å². The molecule has 5 unspecified atom stereocenters. The third-order valence-corrected chi connectivity index (χ3v) is 13.7. The number of aliphatic hydroxyl groups excluding tert-OH is 1. The van der Waals surface area contributed by atoms with Crippen molar-refractivity contribution in [1.82, 2.24) is 0 Å². The number of ketones is 1. The van der Waals surface area contributed by atoms with Gasteiger partial charge in [-0.25, -0.2) is 0 Å². The molecule has 186 valence electrons. The van der Waals surface area contributed by atoms with Crippen LogP contribution in [0.5, 0.6) is 0 Å². The predicted octanol–water partition coefficient (Wildman–Crippen LogP) is 7.59. The molecule has 0 heterocycles. The first kappa shape index (κ1) is 24.1. The van der Waals surface area contributed by atoms with Crippen LogP contribution in [-0.2, 0) is 4.79 Å². The molecule has 0 aromatic carbocycles. The molecule has 0 amide bonds. The van der Waals surface area contributed by atoms with E-state index in [-0.39, 0.29) is 16.9 Å². The van der Waals surface area contributed by atoms with Gasteiger partial charge in [-0.1, -0.05) is 46.8 Å². The van der Waals surface area contributed by atoms with Crippen LogP contribution in [0.2, 0.25) is 0 Å². The quantitative estimate of drug-likeness (QED) is 0.436. The van der Waals surface area contributed by atoms with Gasteiger partial charge in [-0.15, -0.1) is 0 Å². The molecule has 0 saturated heterocycles. The number of allylic oxidation sites excluding steroid dienone is 1. The molecular formula is C31H50O2. The second-order valence-electron chi connectivity index (χ2n) is 14.8. The van der Waals surface area contributed by atoms with Gasteiger partial charge < -0.3 is 5.11 Å². The number of Topliss-reactive ketones (excluding diaryl/α,β-unsaturated/α-hetero) is 1. The molecule has 0 spiro atoms. The fourth-order valence-electron chi connectivity index (χ4n) is 11.7. The van der Waals surface area contributed by atoms with Crippen molar-refractivity contribution in [1.29, 1.82) is 0 Å². The predicted molar refractivity (Wildman–Crippen MR) is 136 cm³/mol. The number of carbonyl (C=O) groups is 1. The smallest absolute Gasteiger partial charge is 0.136 e. The molecule has 0 bridgehead atoms. The second-order valence-corrected chi connectivity index (χ2v) is 14.8. The maximum Gasteiger partial charge on any atom is 0.136 e. The van der Waals surface area contributed by atoms with Gasteiger partial charge in [-0.05, 0) is 129 Å². The van der Waals surface area contributed by atoms with Gasteiger partial charge in [-0.2, -0.15) is 0 Å². The van der Waals surface area contributed by atoms with E-state index in [1.165, 1.54) is 44.1 Å². The summed E-state index contributed by atoms with van der Waals surface area (Å²) in [5, 5.41) is 10.9. The largest absolute Gasteiger partial charge is 0.393 e. The standard InChI is InChI=1S/C31H50O2/c1-19(2)21-11-16-31(20(3)32)18-17-29(7)22(26(21)31)9-10-24-28(6)14-13-25(33)27(4,5)23(28)12-15-30(24,29)8/h21-26,33H,1,9-18H2,2-8H3/t21?,22?,23?,24?,25-,26?,28-,29+,30+,31+/m0/s1. The molecule has 33 heavy (non-hydrogen) atoms. The summed E-state index contributed by atoms with van der Waals surface area (Å²) in [7, 11) is 0. The minimum atomic E-state index is -0.160. The van der Waals surface area contributed by atoms with Crippen LogP contribution in [0.25, 0.3) is 0 Å². The van der Waals surface area contributed by atoms with E-state index < -0.39 is 0 Å². The highest BCUT2D eigenvalue weighted by Crippen LogP contribution is 2.77. The van der Waals surface area contributed by atoms with E-state index in [4.69, 9.17) is 0 Å². The van der Waals surface area contributed by atoms with Crippen LogP contribution >= 0.6 is 0 Å². The third-order valence-electron chi connectivity index (χ3n) is 13.7. The van der Waals surface area contributed by atoms with E-state index in [2.05, 4.69) is 48.1 Å². The summed E-state index contributed by atoms with van der Waals surface area (Å²) in [5.41, 5.74) is 2.19. The van der Waals surface area contributed by atoms with Gasteiger partial charge in [0.25, 0.3) is 0 Å². The Labute approximate surface area is 203 Å². The maximum atomic E-state index is 13.2. The van der Waals surface area contributed by atoms with Crippen LogP contribution in [-0.4, -0.2) is 17.0 Å². The molecule has 0 aromatic heterocycles. The molecule has 5 saturated carbocycles. The highest BCUT2D eigenvalue weighted by Gasteiger charge is 2.71. The summed E-state index contributed by atoms with van der Waals surface area (Å²) in [6.45, 7) is 21.1. The summed E-state index contributed by atoms with van der Waals surface area (Å²) >= 11 is 0. The molecular weight excluding hydrogens is 404 g/mol. The van der Waals surface area contributed by atoms with Crippen LogP contribution in [0.15, 0.2) is 12.2 Å². The topological polar surface area (TPSA) is 37.3 Å². The zero-order valence-corrected chi connectivity index (χ0v) is 22.6. The van der Waals surface area contributed by atoms with Crippen molar-refractivity contribution in [3.05, 3.63) is 12.2 Å². The number of rotatable bonds is 2. The maximum absolute atomic E-state index is 13.2. The van der Waals surface area contributed by atoms with Crippen LogP contribution in [0, 0.1) is 56.7 Å². The van der Waals surface area contributed by atoms with Crippen molar-refractivity contribution in [3.8, 4) is 0 Å². The molecule has 5 rings (SSSR count). The average Bonchev–Trinajstić information content (AvgIpc) is 3.13. The van der Waals surface area contributed by atoms with Crippen LogP contribution < -0.4 is 0 Å². The van der Waals surface area contributed by atoms with Crippen LogP contribution in [0.4, 0.5) is 0 Å². The van der Waals surface area contributed by atoms with Crippen LogP contribution in [0.1, 0.15) is 113 Å². The molecule has 0 aliphatic heterocycles. The average molecular weight is 455 g/mol. The summed E-state index contributed by atoms with van der Waals surface area (Å²) in [6, 6.07) is 0. The van der Waals surface area contributed by atoms with E-state index in [1.54, 1.807) is 0 Å². The zero-order valence-electron chi connectivity index (χ0n) is 22.6. The van der Waals surface area contributed by atoms with Gasteiger partial charge in [0.1, 0.15) is 5.78 Å². The normalized spacial score (nSPS) is 55.0. The van der Waals surface area contributed by atoms with Gasteiger partial charge >= 0.3 is 0 Å². The Hall–Kier alpha value is -0.630. The van der Waals surface area contributed by atoms with Crippen molar-refractivity contribution in [2.75, 3.05) is 0 Å². The first-order valence-corrected chi connectivity index (χ1v) is 14.1. The Balaban J connectivity index is 1.57. The highest BCUT2D eigenvalue weighted by molar-refractivity contribution is 5.83. The number of aliphatic hydroxyl groups is 1. The molecule has 5 aliphatic carbocycles. The molecule has 0 aromatic rings. The number of carbonyl (C=O) groups excluding carboxylic acids is 1. The first-order valence-electron chi connectivity index (χ1n) is 14.1. The number of hydrogen-bond donors (Lipinski definition) is 1. The molecule has 5 fully saturated rings. The zero-order chi connectivity index (χ0) is 24.2. The SMILES string of the molecule is C=C(C)C1CC[C@]2(C(C)=O)CC[C@]3(C)C(CCC4[C@@]5(C)CC[C@H](O)C(C)(C)C5CC[C@]43C)C12. The van der Waals surface area contributed by atoms with Crippen LogP contribution in [0.3, 0.4) is 0 Å². The Kier molecular flexibility index (Phi) is 5.26. The summed E-state index contributed by atoms with van der Waals surface area (Å²) in [6.07, 6.45) is 11.7. The molecule has 1 N–H and O–H groups in total. The second kappa shape index (κ2) is 7.21. The summed E-state index contributed by atoms with van der Waals surface area (Å²) < 4.78 is 0. The minimum Gasteiger partial charge on any atom is -0.393 e. The minimum absolute atomic E-state index is 0.0128. The van der Waals surface area contributed by atoms with E-state index >= 15 is 0 Å². The summed E-state index contributed by atoms with van der Waals surface area (Å²) in [4.78, 5) is 13.2. The van der Waals surface area contributed by atoms with Crippen molar-refractivity contribution in [3.63, 3.8) is 0 Å². The van der Waals surface area contributed by atoms with E-state index in [9.17, 15) is 9.90 Å². The van der Waals surface area contributed by atoms with Crippen molar-refractivity contribution in [2.24, 2.45) is 56.7 Å². The monoisotopic (exact) mass is 454 g/mol. The molecule has 0 radical (unpaired) electrons. The van der Waals surface area contributed by atoms with Gasteiger partial charge in [0, 0.05) is 5.41 Å². The number of hydrogen-bond acceptors (Lipinski definition) is 2. The third kappa shape index (κ3) is 2.80. The van der Waals surface area contributed by atoms with Crippen molar-refractivity contribution in [2.45, 2.75) is 119 Å². The first-order chi connectivity index (χ1) is 15.3. The molecule has 2 heteroatoms. The Morgan fingerprint density at radius 1 is 0.788 bits per heavy atom. The van der Waals surface area contributed by atoms with Gasteiger partial charge in [0.05, 0.1) is 6.10 Å². The fraction of sp³-hybridized carbons (Fsp3) is 0.903. The van der Waals surface area contributed by atoms with Gasteiger partial charge in [0.2, 0.25) is 0 Å². The molecule has 2 nitrogen and oxygen atoms in total. The summed E-state index contributed by atoms with van der Waals surface area (Å²) in [5.74, 6) is 3.47. The lowest BCUT2D eigenvalue weighted by Crippen LogP contribution is -2.67. The number of fused-ring (bicyclic) bond motifs is 7. The lowest BCUT2D eigenvalue weighted by atomic mass is 9.32. The molecule has 5 aliphatic rings. The highest BCUT2D eigenvalue weighted by atomic mass is 16.3. The Morgan fingerprint density at radius 3 is 2.12 bits per heavy atom. The Bertz CT molecular complexity index is 857. The lowest BCUT2D eigenvalue weighted by Gasteiger charge is -2.72.